The van der Waals surface area contributed by atoms with E-state index in [1.807, 2.05) is 37.3 Å². The number of methoxy groups -OCH3 is 1. The van der Waals surface area contributed by atoms with E-state index in [-0.39, 0.29) is 0 Å². The predicted molar refractivity (Wildman–Crippen MR) is 58.8 cm³/mol. The minimum absolute atomic E-state index is 0.837. The van der Waals surface area contributed by atoms with Gasteiger partial charge < -0.3 is 4.74 Å². The zero-order valence-corrected chi connectivity index (χ0v) is 8.77. The first-order valence-electron chi connectivity index (χ1n) is 4.72. The maximum atomic E-state index is 5.16. The molecule has 0 aliphatic heterocycles. The van der Waals surface area contributed by atoms with E-state index >= 15 is 0 Å². The number of rotatable bonds is 2. The van der Waals surface area contributed by atoms with Crippen LogP contribution in [0, 0.1) is 6.92 Å². The number of benzene rings is 1. The van der Waals surface area contributed by atoms with E-state index in [1.165, 1.54) is 0 Å². The van der Waals surface area contributed by atoms with Gasteiger partial charge in [-0.3, -0.25) is 0 Å². The Balaban J connectivity index is 2.44. The van der Waals surface area contributed by atoms with E-state index in [0.29, 0.717) is 0 Å². The molecular weight excluding hydrogens is 188 g/mol. The number of aromatic nitrogens is 2. The van der Waals surface area contributed by atoms with E-state index in [9.17, 15) is 0 Å². The summed E-state index contributed by atoms with van der Waals surface area (Å²) < 4.78 is 5.16. The predicted octanol–water partition coefficient (Wildman–Crippen LogP) is 2.46. The first kappa shape index (κ1) is 9.65. The minimum Gasteiger partial charge on any atom is -0.497 e. The molecule has 0 unspecified atom stereocenters. The maximum Gasteiger partial charge on any atom is 0.119 e. The summed E-state index contributed by atoms with van der Waals surface area (Å²) in [6.45, 7) is 1.95. The molecule has 0 atom stereocenters. The first-order valence-corrected chi connectivity index (χ1v) is 4.72. The molecule has 0 aliphatic carbocycles. The van der Waals surface area contributed by atoms with Gasteiger partial charge in [0.25, 0.3) is 0 Å². The fourth-order valence-electron chi connectivity index (χ4n) is 1.39. The van der Waals surface area contributed by atoms with Crippen LogP contribution >= 0.6 is 0 Å². The molecule has 3 heteroatoms. The highest BCUT2D eigenvalue weighted by Crippen LogP contribution is 2.21. The second kappa shape index (κ2) is 4.09. The lowest BCUT2D eigenvalue weighted by atomic mass is 10.1. The molecule has 0 saturated carbocycles. The van der Waals surface area contributed by atoms with Gasteiger partial charge in [-0.25, -0.2) is 9.97 Å². The van der Waals surface area contributed by atoms with E-state index < -0.39 is 0 Å². The summed E-state index contributed by atoms with van der Waals surface area (Å²) in [5.41, 5.74) is 2.92. The number of nitrogens with zero attached hydrogens (tertiary/aromatic N) is 2. The largest absolute Gasteiger partial charge is 0.497 e. The lowest BCUT2D eigenvalue weighted by Gasteiger charge is -2.03. The van der Waals surface area contributed by atoms with Gasteiger partial charge in [-0.2, -0.15) is 0 Å². The van der Waals surface area contributed by atoms with Gasteiger partial charge in [-0.15, -0.1) is 0 Å². The molecule has 15 heavy (non-hydrogen) atoms. The molecule has 0 N–H and O–H groups in total. The van der Waals surface area contributed by atoms with Gasteiger partial charge >= 0.3 is 0 Å². The molecule has 76 valence electrons. The molecule has 2 aromatic rings. The molecule has 1 aromatic heterocycles. The van der Waals surface area contributed by atoms with Crippen LogP contribution in [0.15, 0.2) is 36.7 Å². The van der Waals surface area contributed by atoms with Crippen LogP contribution in [0.3, 0.4) is 0 Å². The van der Waals surface area contributed by atoms with Crippen molar-refractivity contribution >= 4 is 0 Å². The Morgan fingerprint density at radius 1 is 1.13 bits per heavy atom. The van der Waals surface area contributed by atoms with Crippen LogP contribution in [0.4, 0.5) is 0 Å². The molecule has 1 aromatic carbocycles. The van der Waals surface area contributed by atoms with Crippen molar-refractivity contribution in [3.05, 3.63) is 42.4 Å². The normalized spacial score (nSPS) is 10.0. The summed E-state index contributed by atoms with van der Waals surface area (Å²) in [4.78, 5) is 8.28. The minimum atomic E-state index is 0.837. The number of hydrogen-bond donors (Lipinski definition) is 0. The smallest absolute Gasteiger partial charge is 0.119 e. The molecule has 0 spiro atoms. The summed E-state index contributed by atoms with van der Waals surface area (Å²) in [6, 6.07) is 9.78. The van der Waals surface area contributed by atoms with Crippen molar-refractivity contribution in [3.8, 4) is 17.0 Å². The highest BCUT2D eigenvalue weighted by Gasteiger charge is 2.00. The highest BCUT2D eigenvalue weighted by molar-refractivity contribution is 5.61. The molecule has 0 saturated heterocycles. The number of aryl methyl sites for hydroxylation is 1. The summed E-state index contributed by atoms with van der Waals surface area (Å²) in [5, 5.41) is 0. The third-order valence-electron chi connectivity index (χ3n) is 2.17. The number of ether oxygens (including phenoxy) is 1. The van der Waals surface area contributed by atoms with Gasteiger partial charge in [-0.1, -0.05) is 12.1 Å². The molecule has 3 nitrogen and oxygen atoms in total. The van der Waals surface area contributed by atoms with Crippen LogP contribution in [0.2, 0.25) is 0 Å². The van der Waals surface area contributed by atoms with Crippen LogP contribution in [-0.4, -0.2) is 17.1 Å². The molecule has 0 aliphatic rings. The third-order valence-corrected chi connectivity index (χ3v) is 2.17. The van der Waals surface area contributed by atoms with Gasteiger partial charge in [0.15, 0.2) is 0 Å². The van der Waals surface area contributed by atoms with Crippen molar-refractivity contribution in [2.45, 2.75) is 6.92 Å². The van der Waals surface area contributed by atoms with Gasteiger partial charge in [-0.05, 0) is 25.1 Å². The van der Waals surface area contributed by atoms with Gasteiger partial charge in [0.2, 0.25) is 0 Å². The van der Waals surface area contributed by atoms with Crippen LogP contribution in [0.5, 0.6) is 5.75 Å². The SMILES string of the molecule is COc1cccc(-c2cc(C)ncn2)c1. The number of hydrogen-bond acceptors (Lipinski definition) is 3. The molecule has 0 bridgehead atoms. The average molecular weight is 200 g/mol. The Kier molecular flexibility index (Phi) is 2.63. The summed E-state index contributed by atoms with van der Waals surface area (Å²) >= 11 is 0. The Bertz CT molecular complexity index is 469. The van der Waals surface area contributed by atoms with E-state index in [2.05, 4.69) is 9.97 Å². The summed E-state index contributed by atoms with van der Waals surface area (Å²) in [7, 11) is 1.66. The molecular formula is C12H12N2O. The van der Waals surface area contributed by atoms with Crippen molar-refractivity contribution in [3.63, 3.8) is 0 Å². The monoisotopic (exact) mass is 200 g/mol. The Hall–Kier alpha value is -1.90. The lowest BCUT2D eigenvalue weighted by molar-refractivity contribution is 0.415. The Morgan fingerprint density at radius 2 is 2.00 bits per heavy atom. The maximum absolute atomic E-state index is 5.16. The Morgan fingerprint density at radius 3 is 2.73 bits per heavy atom. The van der Waals surface area contributed by atoms with Gasteiger partial charge in [0.05, 0.1) is 12.8 Å². The molecule has 0 amide bonds. The standard InChI is InChI=1S/C12H12N2O/c1-9-6-12(14-8-13-9)10-4-3-5-11(7-10)15-2/h3-8H,1-2H3. The van der Waals surface area contributed by atoms with E-state index in [1.54, 1.807) is 13.4 Å². The van der Waals surface area contributed by atoms with Crippen molar-refractivity contribution < 1.29 is 4.74 Å². The van der Waals surface area contributed by atoms with E-state index in [4.69, 9.17) is 4.74 Å². The topological polar surface area (TPSA) is 35.0 Å². The molecule has 0 radical (unpaired) electrons. The third kappa shape index (κ3) is 2.13. The molecule has 2 rings (SSSR count). The van der Waals surface area contributed by atoms with Crippen LogP contribution in [0.25, 0.3) is 11.3 Å². The molecule has 0 fully saturated rings. The Labute approximate surface area is 88.8 Å². The van der Waals surface area contributed by atoms with Crippen LogP contribution in [0.1, 0.15) is 5.69 Å². The average Bonchev–Trinajstić information content (AvgIpc) is 2.29. The fraction of sp³-hybridized carbons (Fsp3) is 0.167. The van der Waals surface area contributed by atoms with Crippen molar-refractivity contribution in [1.29, 1.82) is 0 Å². The van der Waals surface area contributed by atoms with Crippen molar-refractivity contribution in [2.24, 2.45) is 0 Å². The second-order valence-corrected chi connectivity index (χ2v) is 3.28. The van der Waals surface area contributed by atoms with Gasteiger partial charge in [0, 0.05) is 11.3 Å². The van der Waals surface area contributed by atoms with E-state index in [0.717, 1.165) is 22.7 Å². The van der Waals surface area contributed by atoms with Crippen molar-refractivity contribution in [1.82, 2.24) is 9.97 Å². The van der Waals surface area contributed by atoms with Crippen LogP contribution < -0.4 is 4.74 Å². The lowest BCUT2D eigenvalue weighted by Crippen LogP contribution is -1.89. The van der Waals surface area contributed by atoms with Crippen LogP contribution in [-0.2, 0) is 0 Å². The summed E-state index contributed by atoms with van der Waals surface area (Å²) in [6.07, 6.45) is 1.57. The summed E-state index contributed by atoms with van der Waals surface area (Å²) in [5.74, 6) is 0.837. The van der Waals surface area contributed by atoms with Crippen molar-refractivity contribution in [2.75, 3.05) is 7.11 Å². The highest BCUT2D eigenvalue weighted by atomic mass is 16.5. The van der Waals surface area contributed by atoms with Gasteiger partial charge in [0.1, 0.15) is 12.1 Å². The second-order valence-electron chi connectivity index (χ2n) is 3.28. The first-order chi connectivity index (χ1) is 7.29. The zero-order chi connectivity index (χ0) is 10.7. The molecule has 1 heterocycles. The quantitative estimate of drug-likeness (QED) is 0.747. The fourth-order valence-corrected chi connectivity index (χ4v) is 1.39. The zero-order valence-electron chi connectivity index (χ0n) is 8.77.